The lowest BCUT2D eigenvalue weighted by atomic mass is 10.1. The van der Waals surface area contributed by atoms with E-state index in [-0.39, 0.29) is 23.2 Å². The van der Waals surface area contributed by atoms with Gasteiger partial charge in [0, 0.05) is 12.7 Å². The number of aryl methyl sites for hydroxylation is 2. The van der Waals surface area contributed by atoms with Crippen molar-refractivity contribution in [2.45, 2.75) is 13.8 Å². The van der Waals surface area contributed by atoms with Gasteiger partial charge in [-0.1, -0.05) is 0 Å². The molecule has 0 aliphatic heterocycles. The molecule has 0 amide bonds. The topological polar surface area (TPSA) is 79.1 Å². The zero-order valence-corrected chi connectivity index (χ0v) is 12.1. The molecule has 0 atom stereocenters. The van der Waals surface area contributed by atoms with Crippen molar-refractivity contribution in [3.63, 3.8) is 0 Å². The standard InChI is InChI=1S/C13H16N4O3/c1-7-10(8(2)17(3)16-7)12(18)11-13(20-5)15-9(19-4)6-14-11/h6H,1-5H3. The van der Waals surface area contributed by atoms with Crippen LogP contribution in [-0.4, -0.2) is 39.8 Å². The molecule has 0 aliphatic carbocycles. The van der Waals surface area contributed by atoms with Gasteiger partial charge in [-0.3, -0.25) is 9.48 Å². The number of ketones is 1. The maximum absolute atomic E-state index is 12.6. The summed E-state index contributed by atoms with van der Waals surface area (Å²) in [6.07, 6.45) is 1.39. The van der Waals surface area contributed by atoms with Gasteiger partial charge in [0.2, 0.25) is 17.5 Å². The summed E-state index contributed by atoms with van der Waals surface area (Å²) in [6, 6.07) is 0. The van der Waals surface area contributed by atoms with Gasteiger partial charge in [-0.15, -0.1) is 0 Å². The van der Waals surface area contributed by atoms with E-state index < -0.39 is 0 Å². The highest BCUT2D eigenvalue weighted by Crippen LogP contribution is 2.23. The van der Waals surface area contributed by atoms with Crippen LogP contribution in [0.25, 0.3) is 0 Å². The predicted octanol–water partition coefficient (Wildman–Crippen LogP) is 1.08. The number of ether oxygens (including phenoxy) is 2. The van der Waals surface area contributed by atoms with Gasteiger partial charge in [0.05, 0.1) is 31.7 Å². The fourth-order valence-corrected chi connectivity index (χ4v) is 1.97. The zero-order chi connectivity index (χ0) is 14.9. The van der Waals surface area contributed by atoms with Gasteiger partial charge in [0.15, 0.2) is 5.69 Å². The molecule has 106 valence electrons. The van der Waals surface area contributed by atoms with E-state index in [4.69, 9.17) is 9.47 Å². The monoisotopic (exact) mass is 276 g/mol. The molecule has 0 spiro atoms. The van der Waals surface area contributed by atoms with Crippen molar-refractivity contribution in [1.82, 2.24) is 19.7 Å². The Morgan fingerprint density at radius 2 is 1.95 bits per heavy atom. The van der Waals surface area contributed by atoms with Gasteiger partial charge in [-0.2, -0.15) is 10.1 Å². The van der Waals surface area contributed by atoms with Gasteiger partial charge in [-0.05, 0) is 13.8 Å². The predicted molar refractivity (Wildman–Crippen MR) is 71.3 cm³/mol. The van der Waals surface area contributed by atoms with E-state index in [9.17, 15) is 4.79 Å². The van der Waals surface area contributed by atoms with Crippen LogP contribution in [0.1, 0.15) is 27.4 Å². The summed E-state index contributed by atoms with van der Waals surface area (Å²) >= 11 is 0. The fourth-order valence-electron chi connectivity index (χ4n) is 1.97. The van der Waals surface area contributed by atoms with E-state index >= 15 is 0 Å². The molecule has 2 aromatic rings. The van der Waals surface area contributed by atoms with E-state index in [1.807, 2.05) is 6.92 Å². The summed E-state index contributed by atoms with van der Waals surface area (Å²) in [4.78, 5) is 20.8. The largest absolute Gasteiger partial charge is 0.480 e. The molecule has 0 unspecified atom stereocenters. The van der Waals surface area contributed by atoms with Crippen molar-refractivity contribution in [2.24, 2.45) is 7.05 Å². The van der Waals surface area contributed by atoms with E-state index in [1.54, 1.807) is 18.7 Å². The van der Waals surface area contributed by atoms with Crippen LogP contribution in [0.5, 0.6) is 11.8 Å². The SMILES string of the molecule is COc1cnc(C(=O)c2c(C)nn(C)c2C)c(OC)n1. The average Bonchev–Trinajstić information content (AvgIpc) is 2.70. The second-order valence-electron chi connectivity index (χ2n) is 4.27. The Labute approximate surface area is 116 Å². The van der Waals surface area contributed by atoms with Crippen molar-refractivity contribution in [3.05, 3.63) is 28.8 Å². The molecule has 0 saturated heterocycles. The molecule has 0 radical (unpaired) electrons. The van der Waals surface area contributed by atoms with Crippen LogP contribution in [0.4, 0.5) is 0 Å². The van der Waals surface area contributed by atoms with E-state index in [0.717, 1.165) is 5.69 Å². The molecule has 7 heteroatoms. The Kier molecular flexibility index (Phi) is 3.69. The maximum Gasteiger partial charge on any atom is 0.247 e. The molecule has 0 aliphatic rings. The number of hydrogen-bond acceptors (Lipinski definition) is 6. The Bertz CT molecular complexity index is 664. The first-order valence-electron chi connectivity index (χ1n) is 5.99. The van der Waals surface area contributed by atoms with Crippen LogP contribution >= 0.6 is 0 Å². The molecule has 7 nitrogen and oxygen atoms in total. The van der Waals surface area contributed by atoms with Crippen LogP contribution in [0.2, 0.25) is 0 Å². The van der Waals surface area contributed by atoms with Gasteiger partial charge in [0.25, 0.3) is 0 Å². The highest BCUT2D eigenvalue weighted by atomic mass is 16.5. The van der Waals surface area contributed by atoms with Crippen LogP contribution in [0.15, 0.2) is 6.20 Å². The number of nitrogens with zero attached hydrogens (tertiary/aromatic N) is 4. The number of methoxy groups -OCH3 is 2. The van der Waals surface area contributed by atoms with Gasteiger partial charge < -0.3 is 9.47 Å². The average molecular weight is 276 g/mol. The maximum atomic E-state index is 12.6. The first kappa shape index (κ1) is 14.0. The van der Waals surface area contributed by atoms with E-state index in [0.29, 0.717) is 11.3 Å². The summed E-state index contributed by atoms with van der Waals surface area (Å²) in [5.41, 5.74) is 2.08. The van der Waals surface area contributed by atoms with Crippen LogP contribution in [0.3, 0.4) is 0 Å². The molecule has 2 aromatic heterocycles. The smallest absolute Gasteiger partial charge is 0.247 e. The lowest BCUT2D eigenvalue weighted by molar-refractivity contribution is 0.102. The summed E-state index contributed by atoms with van der Waals surface area (Å²) in [6.45, 7) is 3.61. The number of aromatic nitrogens is 4. The molecule has 0 bridgehead atoms. The van der Waals surface area contributed by atoms with Crippen molar-refractivity contribution < 1.29 is 14.3 Å². The van der Waals surface area contributed by atoms with Gasteiger partial charge in [-0.25, -0.2) is 4.98 Å². The van der Waals surface area contributed by atoms with E-state index in [1.165, 1.54) is 20.4 Å². The highest BCUT2D eigenvalue weighted by molar-refractivity contribution is 6.10. The minimum Gasteiger partial charge on any atom is -0.480 e. The summed E-state index contributed by atoms with van der Waals surface area (Å²) in [7, 11) is 4.69. The highest BCUT2D eigenvalue weighted by Gasteiger charge is 2.24. The van der Waals surface area contributed by atoms with Gasteiger partial charge >= 0.3 is 0 Å². The summed E-state index contributed by atoms with van der Waals surface area (Å²) in [5, 5.41) is 4.23. The number of hydrogen-bond donors (Lipinski definition) is 0. The fraction of sp³-hybridized carbons (Fsp3) is 0.385. The third kappa shape index (κ3) is 2.22. The molecule has 0 N–H and O–H groups in total. The lowest BCUT2D eigenvalue weighted by Crippen LogP contribution is -2.10. The Balaban J connectivity index is 2.53. The number of carbonyl (C=O) groups excluding carboxylic acids is 1. The third-order valence-corrected chi connectivity index (χ3v) is 3.07. The Hall–Kier alpha value is -2.44. The number of rotatable bonds is 4. The van der Waals surface area contributed by atoms with Gasteiger partial charge in [0.1, 0.15) is 0 Å². The molecule has 20 heavy (non-hydrogen) atoms. The Morgan fingerprint density at radius 1 is 1.25 bits per heavy atom. The van der Waals surface area contributed by atoms with Crippen molar-refractivity contribution >= 4 is 5.78 Å². The zero-order valence-electron chi connectivity index (χ0n) is 12.1. The van der Waals surface area contributed by atoms with Crippen molar-refractivity contribution in [1.29, 1.82) is 0 Å². The first-order chi connectivity index (χ1) is 9.49. The molecule has 0 aromatic carbocycles. The molecule has 0 fully saturated rings. The molecular weight excluding hydrogens is 260 g/mol. The molecule has 2 rings (SSSR count). The third-order valence-electron chi connectivity index (χ3n) is 3.07. The lowest BCUT2D eigenvalue weighted by Gasteiger charge is -2.07. The normalized spacial score (nSPS) is 10.4. The van der Waals surface area contributed by atoms with Crippen LogP contribution in [-0.2, 0) is 7.05 Å². The first-order valence-corrected chi connectivity index (χ1v) is 5.99. The van der Waals surface area contributed by atoms with E-state index in [2.05, 4.69) is 15.1 Å². The second-order valence-corrected chi connectivity index (χ2v) is 4.27. The molecule has 0 saturated carbocycles. The quantitative estimate of drug-likeness (QED) is 0.777. The summed E-state index contributed by atoms with van der Waals surface area (Å²) in [5.74, 6) is 0.162. The minimum atomic E-state index is -0.264. The van der Waals surface area contributed by atoms with Crippen molar-refractivity contribution in [3.8, 4) is 11.8 Å². The molecular formula is C13H16N4O3. The summed E-state index contributed by atoms with van der Waals surface area (Å²) < 4.78 is 11.7. The van der Waals surface area contributed by atoms with Crippen LogP contribution < -0.4 is 9.47 Å². The Morgan fingerprint density at radius 3 is 2.45 bits per heavy atom. The minimum absolute atomic E-state index is 0.136. The van der Waals surface area contributed by atoms with Crippen molar-refractivity contribution in [2.75, 3.05) is 14.2 Å². The number of carbonyl (C=O) groups is 1. The van der Waals surface area contributed by atoms with Crippen LogP contribution in [0, 0.1) is 13.8 Å². The molecule has 2 heterocycles. The second kappa shape index (κ2) is 5.28.